The van der Waals surface area contributed by atoms with E-state index in [0.29, 0.717) is 37.7 Å². The number of hydrogen-bond acceptors (Lipinski definition) is 5. The third-order valence-electron chi connectivity index (χ3n) is 3.86. The summed E-state index contributed by atoms with van der Waals surface area (Å²) in [5.41, 5.74) is 0.398. The van der Waals surface area contributed by atoms with Crippen LogP contribution in [-0.4, -0.2) is 54.6 Å². The molecule has 7 nitrogen and oxygen atoms in total. The first-order chi connectivity index (χ1) is 12.6. The van der Waals surface area contributed by atoms with Crippen LogP contribution in [0.4, 0.5) is 10.1 Å². The molecule has 0 radical (unpaired) electrons. The highest BCUT2D eigenvalue weighted by molar-refractivity contribution is 6.04. The molecule has 8 heteroatoms. The van der Waals surface area contributed by atoms with Crippen LogP contribution in [0.5, 0.6) is 5.75 Å². The first-order valence-corrected chi connectivity index (χ1v) is 8.13. The Hall–Kier alpha value is -3.00. The van der Waals surface area contributed by atoms with Crippen LogP contribution in [0.2, 0.25) is 0 Å². The maximum atomic E-state index is 13.5. The highest BCUT2D eigenvalue weighted by atomic mass is 19.1. The molecule has 3 rings (SSSR count). The molecule has 1 aliphatic heterocycles. The standard InChI is InChI=1S/C18H18FN3O4/c19-16-11-20-6-5-15(16)18(24)21-13-1-3-14(4-2-13)26-12-17(23)22-7-9-25-10-8-22/h1-6,11H,7-10,12H2,(H,21,24). The maximum Gasteiger partial charge on any atom is 0.260 e. The van der Waals surface area contributed by atoms with Gasteiger partial charge < -0.3 is 19.7 Å². The lowest BCUT2D eigenvalue weighted by atomic mass is 10.2. The van der Waals surface area contributed by atoms with E-state index in [4.69, 9.17) is 9.47 Å². The topological polar surface area (TPSA) is 80.8 Å². The highest BCUT2D eigenvalue weighted by Gasteiger charge is 2.17. The Kier molecular flexibility index (Phi) is 5.75. The summed E-state index contributed by atoms with van der Waals surface area (Å²) < 4.78 is 24.2. The van der Waals surface area contributed by atoms with Crippen LogP contribution in [0.15, 0.2) is 42.7 Å². The zero-order chi connectivity index (χ0) is 18.4. The molecule has 1 aromatic carbocycles. The summed E-state index contributed by atoms with van der Waals surface area (Å²) in [6.45, 7) is 2.15. The molecule has 0 saturated carbocycles. The SMILES string of the molecule is O=C(Nc1ccc(OCC(=O)N2CCOCC2)cc1)c1ccncc1F. The van der Waals surface area contributed by atoms with Gasteiger partial charge in [0.2, 0.25) is 0 Å². The van der Waals surface area contributed by atoms with Crippen molar-refractivity contribution >= 4 is 17.5 Å². The van der Waals surface area contributed by atoms with Gasteiger partial charge in [-0.2, -0.15) is 0 Å². The third kappa shape index (κ3) is 4.54. The van der Waals surface area contributed by atoms with E-state index in [1.165, 1.54) is 12.3 Å². The predicted molar refractivity (Wildman–Crippen MR) is 91.5 cm³/mol. The minimum absolute atomic E-state index is 0.0616. The van der Waals surface area contributed by atoms with Gasteiger partial charge in [0.15, 0.2) is 12.4 Å². The van der Waals surface area contributed by atoms with Gasteiger partial charge in [-0.15, -0.1) is 0 Å². The van der Waals surface area contributed by atoms with E-state index in [1.54, 1.807) is 29.2 Å². The van der Waals surface area contributed by atoms with Gasteiger partial charge in [-0.25, -0.2) is 4.39 Å². The molecule has 0 aliphatic carbocycles. The Morgan fingerprint density at radius 1 is 1.19 bits per heavy atom. The van der Waals surface area contributed by atoms with Crippen molar-refractivity contribution in [1.82, 2.24) is 9.88 Å². The summed E-state index contributed by atoms with van der Waals surface area (Å²) in [5, 5.41) is 2.59. The number of nitrogens with one attached hydrogen (secondary N) is 1. The van der Waals surface area contributed by atoms with Crippen molar-refractivity contribution in [2.75, 3.05) is 38.2 Å². The highest BCUT2D eigenvalue weighted by Crippen LogP contribution is 2.17. The molecule has 2 heterocycles. The number of ether oxygens (including phenoxy) is 2. The quantitative estimate of drug-likeness (QED) is 0.879. The number of morpholine rings is 1. The van der Waals surface area contributed by atoms with E-state index in [9.17, 15) is 14.0 Å². The number of hydrogen-bond donors (Lipinski definition) is 1. The average Bonchev–Trinajstić information content (AvgIpc) is 2.68. The Morgan fingerprint density at radius 3 is 2.62 bits per heavy atom. The lowest BCUT2D eigenvalue weighted by Crippen LogP contribution is -2.42. The van der Waals surface area contributed by atoms with Gasteiger partial charge >= 0.3 is 0 Å². The van der Waals surface area contributed by atoms with Crippen LogP contribution in [0.3, 0.4) is 0 Å². The predicted octanol–water partition coefficient (Wildman–Crippen LogP) is 1.71. The molecule has 1 aliphatic rings. The second-order valence-electron chi connectivity index (χ2n) is 5.62. The van der Waals surface area contributed by atoms with Gasteiger partial charge in [0, 0.05) is 25.0 Å². The Labute approximate surface area is 149 Å². The first kappa shape index (κ1) is 17.8. The van der Waals surface area contributed by atoms with Crippen LogP contribution in [0, 0.1) is 5.82 Å². The number of carbonyl (C=O) groups excluding carboxylic acids is 2. The second kappa shape index (κ2) is 8.39. The Morgan fingerprint density at radius 2 is 1.92 bits per heavy atom. The molecule has 2 amide bonds. The number of benzene rings is 1. The molecular formula is C18H18FN3O4. The summed E-state index contributed by atoms with van der Waals surface area (Å²) in [4.78, 5) is 29.4. The van der Waals surface area contributed by atoms with E-state index >= 15 is 0 Å². The minimum Gasteiger partial charge on any atom is -0.484 e. The second-order valence-corrected chi connectivity index (χ2v) is 5.62. The zero-order valence-corrected chi connectivity index (χ0v) is 14.0. The number of nitrogens with zero attached hydrogens (tertiary/aromatic N) is 2. The van der Waals surface area contributed by atoms with Crippen LogP contribution < -0.4 is 10.1 Å². The summed E-state index contributed by atoms with van der Waals surface area (Å²) in [6.07, 6.45) is 2.33. The maximum absolute atomic E-state index is 13.5. The molecule has 1 saturated heterocycles. The molecule has 1 N–H and O–H groups in total. The number of halogens is 1. The van der Waals surface area contributed by atoms with Gasteiger partial charge in [-0.3, -0.25) is 14.6 Å². The van der Waals surface area contributed by atoms with Crippen molar-refractivity contribution in [2.45, 2.75) is 0 Å². The van der Waals surface area contributed by atoms with Crippen molar-refractivity contribution in [1.29, 1.82) is 0 Å². The fourth-order valence-electron chi connectivity index (χ4n) is 2.44. The van der Waals surface area contributed by atoms with Crippen molar-refractivity contribution in [3.05, 3.63) is 54.1 Å². The van der Waals surface area contributed by atoms with Crippen molar-refractivity contribution in [2.24, 2.45) is 0 Å². The molecule has 0 bridgehead atoms. The first-order valence-electron chi connectivity index (χ1n) is 8.13. The van der Waals surface area contributed by atoms with Gasteiger partial charge in [0.25, 0.3) is 11.8 Å². The summed E-state index contributed by atoms with van der Waals surface area (Å²) >= 11 is 0. The van der Waals surface area contributed by atoms with Crippen molar-refractivity contribution < 1.29 is 23.5 Å². The van der Waals surface area contributed by atoms with E-state index in [1.807, 2.05) is 0 Å². The van der Waals surface area contributed by atoms with Crippen LogP contribution >= 0.6 is 0 Å². The monoisotopic (exact) mass is 359 g/mol. The normalized spacial score (nSPS) is 14.0. The van der Waals surface area contributed by atoms with Gasteiger partial charge in [0.1, 0.15) is 5.75 Å². The van der Waals surface area contributed by atoms with Gasteiger partial charge in [-0.1, -0.05) is 0 Å². The average molecular weight is 359 g/mol. The summed E-state index contributed by atoms with van der Waals surface area (Å²) in [7, 11) is 0. The lowest BCUT2D eigenvalue weighted by Gasteiger charge is -2.26. The van der Waals surface area contributed by atoms with Crippen LogP contribution in [-0.2, 0) is 9.53 Å². The molecule has 0 spiro atoms. The van der Waals surface area contributed by atoms with Crippen LogP contribution in [0.1, 0.15) is 10.4 Å². The Bertz CT molecular complexity index is 776. The largest absolute Gasteiger partial charge is 0.484 e. The summed E-state index contributed by atoms with van der Waals surface area (Å²) in [6, 6.07) is 7.80. The minimum atomic E-state index is -0.688. The van der Waals surface area contributed by atoms with Gasteiger partial charge in [0.05, 0.1) is 25.0 Å². The number of anilines is 1. The summed E-state index contributed by atoms with van der Waals surface area (Å²) in [5.74, 6) is -0.855. The number of aromatic nitrogens is 1. The van der Waals surface area contributed by atoms with E-state index in [0.717, 1.165) is 6.20 Å². The zero-order valence-electron chi connectivity index (χ0n) is 14.0. The smallest absolute Gasteiger partial charge is 0.260 e. The molecular weight excluding hydrogens is 341 g/mol. The third-order valence-corrected chi connectivity index (χ3v) is 3.86. The molecule has 1 fully saturated rings. The van der Waals surface area contributed by atoms with Crippen LogP contribution in [0.25, 0.3) is 0 Å². The fourth-order valence-corrected chi connectivity index (χ4v) is 2.44. The number of amides is 2. The molecule has 2 aromatic rings. The molecule has 136 valence electrons. The molecule has 0 unspecified atom stereocenters. The van der Waals surface area contributed by atoms with Crippen molar-refractivity contribution in [3.8, 4) is 5.75 Å². The molecule has 1 aromatic heterocycles. The Balaban J connectivity index is 1.52. The number of pyridine rings is 1. The fraction of sp³-hybridized carbons (Fsp3) is 0.278. The van der Waals surface area contributed by atoms with E-state index in [2.05, 4.69) is 10.3 Å². The number of rotatable bonds is 5. The molecule has 0 atom stereocenters. The van der Waals surface area contributed by atoms with Crippen molar-refractivity contribution in [3.63, 3.8) is 0 Å². The van der Waals surface area contributed by atoms with E-state index < -0.39 is 11.7 Å². The van der Waals surface area contributed by atoms with E-state index in [-0.39, 0.29) is 18.1 Å². The lowest BCUT2D eigenvalue weighted by molar-refractivity contribution is -0.137. The molecule has 26 heavy (non-hydrogen) atoms. The van der Waals surface area contributed by atoms with Gasteiger partial charge in [-0.05, 0) is 30.3 Å². The number of carbonyl (C=O) groups is 2.